The Balaban J connectivity index is 0.000000616. The number of hydrogen-bond acceptors (Lipinski definition) is 4. The van der Waals surface area contributed by atoms with E-state index in [0.717, 1.165) is 26.3 Å². The molecule has 0 spiro atoms. The van der Waals surface area contributed by atoms with Gasteiger partial charge in [-0.05, 0) is 50.2 Å². The number of rotatable bonds is 5. The molecule has 2 aromatic rings. The number of carbonyl (C=O) groups is 2. The van der Waals surface area contributed by atoms with Gasteiger partial charge >= 0.3 is 43.8 Å². The van der Waals surface area contributed by atoms with Gasteiger partial charge in [-0.1, -0.05) is 6.07 Å². The molecule has 140 valence electrons. The number of hydrogen-bond donors (Lipinski definition) is 3. The Morgan fingerprint density at radius 3 is 2.65 bits per heavy atom. The number of carboxylic acids is 1. The second-order valence-corrected chi connectivity index (χ2v) is 6.41. The van der Waals surface area contributed by atoms with E-state index in [0.29, 0.717) is 6.61 Å². The van der Waals surface area contributed by atoms with Gasteiger partial charge in [0, 0.05) is 30.6 Å². The van der Waals surface area contributed by atoms with E-state index in [9.17, 15) is 4.79 Å². The van der Waals surface area contributed by atoms with Crippen molar-refractivity contribution < 1.29 is 19.4 Å². The van der Waals surface area contributed by atoms with E-state index in [2.05, 4.69) is 53.7 Å². The molecule has 1 aliphatic heterocycles. The number of aromatic nitrogens is 1. The van der Waals surface area contributed by atoms with Gasteiger partial charge in [-0.25, -0.2) is 4.79 Å². The topological polar surface area (TPSA) is 94.7 Å². The minimum absolute atomic E-state index is 0. The zero-order valence-corrected chi connectivity index (χ0v) is 14.8. The summed E-state index contributed by atoms with van der Waals surface area (Å²) in [6.07, 6.45) is 3.62. The van der Waals surface area contributed by atoms with Gasteiger partial charge < -0.3 is 25.0 Å². The van der Waals surface area contributed by atoms with Gasteiger partial charge in [0.25, 0.3) is 5.97 Å². The van der Waals surface area contributed by atoms with Crippen LogP contribution in [-0.2, 0) is 22.4 Å². The summed E-state index contributed by atoms with van der Waals surface area (Å²) in [5.41, 5.74) is 3.73. The van der Waals surface area contributed by atoms with Crippen LogP contribution in [0.2, 0.25) is 0 Å². The third kappa shape index (κ3) is 7.15. The van der Waals surface area contributed by atoms with Crippen LogP contribution in [0.1, 0.15) is 18.1 Å². The number of benzene rings is 1. The van der Waals surface area contributed by atoms with Gasteiger partial charge in [-0.2, -0.15) is 0 Å². The monoisotopic (exact) mass is 389 g/mol. The summed E-state index contributed by atoms with van der Waals surface area (Å²) in [6.45, 7) is 2.57. The molecule has 26 heavy (non-hydrogen) atoms. The predicted octanol–water partition coefficient (Wildman–Crippen LogP) is 1.10. The molecular weight excluding hydrogens is 362 g/mol. The number of ether oxygens (including phenoxy) is 1. The van der Waals surface area contributed by atoms with E-state index in [1.807, 2.05) is 0 Å². The average molecular weight is 390 g/mol. The normalized spacial score (nSPS) is 15.7. The summed E-state index contributed by atoms with van der Waals surface area (Å²) in [4.78, 5) is 25.6. The predicted molar refractivity (Wildman–Crippen MR) is 104 cm³/mol. The number of amides is 1. The number of nitrogens with zero attached hydrogens (tertiary/aromatic N) is 1. The molecular formula is C18H27CaN3O4. The number of H-pyrrole nitrogens is 1. The minimum atomic E-state index is -0.833. The van der Waals surface area contributed by atoms with Crippen LogP contribution >= 0.6 is 0 Å². The van der Waals surface area contributed by atoms with E-state index >= 15 is 0 Å². The molecule has 1 aliphatic rings. The van der Waals surface area contributed by atoms with E-state index in [1.54, 1.807) is 0 Å². The number of cyclic esters (lactones) is 1. The molecule has 1 amide bonds. The average Bonchev–Trinajstić information content (AvgIpc) is 3.10. The quantitative estimate of drug-likeness (QED) is 0.666. The summed E-state index contributed by atoms with van der Waals surface area (Å²) in [6, 6.07) is 6.53. The number of aromatic amines is 1. The number of carbonyl (C=O) groups excluding carboxylic acids is 1. The van der Waals surface area contributed by atoms with Gasteiger partial charge in [0.2, 0.25) is 0 Å². The van der Waals surface area contributed by atoms with Crippen LogP contribution < -0.4 is 5.32 Å². The van der Waals surface area contributed by atoms with Gasteiger partial charge in [-0.15, -0.1) is 0 Å². The van der Waals surface area contributed by atoms with Crippen molar-refractivity contribution in [3.8, 4) is 0 Å². The van der Waals surface area contributed by atoms with E-state index in [4.69, 9.17) is 14.6 Å². The molecule has 1 fully saturated rings. The van der Waals surface area contributed by atoms with Crippen molar-refractivity contribution >= 4 is 60.7 Å². The zero-order chi connectivity index (χ0) is 18.4. The van der Waals surface area contributed by atoms with E-state index in [1.165, 1.54) is 22.0 Å². The molecule has 7 nitrogen and oxygen atoms in total. The molecule has 3 rings (SSSR count). The Morgan fingerprint density at radius 1 is 1.38 bits per heavy atom. The van der Waals surface area contributed by atoms with Gasteiger partial charge in [-0.3, -0.25) is 4.79 Å². The first-order valence-electron chi connectivity index (χ1n) is 8.21. The van der Waals surface area contributed by atoms with Crippen molar-refractivity contribution in [3.05, 3.63) is 35.5 Å². The van der Waals surface area contributed by atoms with E-state index < -0.39 is 5.97 Å². The van der Waals surface area contributed by atoms with Crippen LogP contribution in [0.25, 0.3) is 10.9 Å². The number of nitrogens with one attached hydrogen (secondary N) is 2. The molecule has 1 aromatic carbocycles. The molecule has 0 bridgehead atoms. The number of fused-ring (bicyclic) bond motifs is 1. The summed E-state index contributed by atoms with van der Waals surface area (Å²) < 4.78 is 4.94. The first-order valence-corrected chi connectivity index (χ1v) is 8.21. The Kier molecular flexibility index (Phi) is 9.43. The van der Waals surface area contributed by atoms with Gasteiger partial charge in [0.05, 0.1) is 6.04 Å². The third-order valence-corrected chi connectivity index (χ3v) is 3.88. The Hall–Kier alpha value is -1.28. The fourth-order valence-electron chi connectivity index (χ4n) is 2.72. The zero-order valence-electron chi connectivity index (χ0n) is 14.8. The van der Waals surface area contributed by atoms with Crippen molar-refractivity contribution in [2.24, 2.45) is 0 Å². The summed E-state index contributed by atoms with van der Waals surface area (Å²) in [7, 11) is 4.17. The number of carboxylic acid groups (broad SMARTS) is 1. The maximum atomic E-state index is 11.1. The van der Waals surface area contributed by atoms with Crippen LogP contribution in [0.3, 0.4) is 0 Å². The Bertz CT molecular complexity index is 741. The second kappa shape index (κ2) is 10.8. The number of alkyl carbamates (subject to hydrolysis) is 1. The van der Waals surface area contributed by atoms with Crippen LogP contribution in [0.15, 0.2) is 24.4 Å². The standard InChI is InChI=1S/C16H21N3O2.C2H4O2.Ca.2H/c1-19(2)6-5-12-9-17-15-4-3-11(8-14(12)15)7-13-10-21-16(20)18-13;1-2(3)4;;;/h3-4,8-9,13,17H,5-7,10H2,1-2H3,(H,18,20);1H3,(H,3,4);;;/t13-;;;;/m0..../s1. The molecule has 1 aromatic heterocycles. The maximum absolute atomic E-state index is 11.1. The van der Waals surface area contributed by atoms with Gasteiger partial charge in [0.1, 0.15) is 6.61 Å². The fourth-order valence-corrected chi connectivity index (χ4v) is 2.72. The van der Waals surface area contributed by atoms with Crippen LogP contribution in [0, 0.1) is 0 Å². The first kappa shape index (κ1) is 22.8. The molecule has 1 atom stereocenters. The van der Waals surface area contributed by atoms with Crippen molar-refractivity contribution in [2.75, 3.05) is 27.2 Å². The Labute approximate surface area is 183 Å². The molecule has 0 aliphatic carbocycles. The van der Waals surface area contributed by atoms with Crippen molar-refractivity contribution in [1.82, 2.24) is 15.2 Å². The SMILES string of the molecule is CC(=O)O.CN(C)CCc1c[nH]c2ccc(C[C@H]3COC(=O)N3)cc12.[CaH2]. The molecule has 0 saturated carbocycles. The first-order chi connectivity index (χ1) is 11.8. The molecule has 8 heteroatoms. The van der Waals surface area contributed by atoms with Crippen LogP contribution in [0.4, 0.5) is 4.79 Å². The molecule has 0 unspecified atom stereocenters. The summed E-state index contributed by atoms with van der Waals surface area (Å²) in [5, 5.41) is 11.5. The summed E-state index contributed by atoms with van der Waals surface area (Å²) >= 11 is 0. The molecule has 1 saturated heterocycles. The summed E-state index contributed by atoms with van der Waals surface area (Å²) in [5.74, 6) is -0.833. The van der Waals surface area contributed by atoms with Crippen molar-refractivity contribution in [2.45, 2.75) is 25.8 Å². The van der Waals surface area contributed by atoms with Crippen molar-refractivity contribution in [3.63, 3.8) is 0 Å². The number of likely N-dealkylation sites (N-methyl/N-ethyl adjacent to an activating group) is 1. The van der Waals surface area contributed by atoms with Crippen LogP contribution in [-0.4, -0.2) is 98.1 Å². The fraction of sp³-hybridized carbons (Fsp3) is 0.444. The number of aliphatic carboxylic acids is 1. The third-order valence-electron chi connectivity index (χ3n) is 3.88. The molecule has 2 heterocycles. The molecule has 3 N–H and O–H groups in total. The van der Waals surface area contributed by atoms with E-state index in [-0.39, 0.29) is 49.9 Å². The van der Waals surface area contributed by atoms with Gasteiger partial charge in [0.15, 0.2) is 0 Å². The van der Waals surface area contributed by atoms with Crippen LogP contribution in [0.5, 0.6) is 0 Å². The Morgan fingerprint density at radius 2 is 2.08 bits per heavy atom. The van der Waals surface area contributed by atoms with Crippen molar-refractivity contribution in [1.29, 1.82) is 0 Å². The second-order valence-electron chi connectivity index (χ2n) is 6.41. The molecule has 0 radical (unpaired) electrons.